The van der Waals surface area contributed by atoms with Gasteiger partial charge in [0.25, 0.3) is 17.7 Å². The molecule has 0 radical (unpaired) electrons. The molecule has 3 amide bonds. The average molecular weight is 403 g/mol. The minimum Gasteiger partial charge on any atom is -0.467 e. The van der Waals surface area contributed by atoms with Crippen LogP contribution in [-0.2, 0) is 6.54 Å². The molecular formula is C23H21N3O4. The number of anilines is 2. The van der Waals surface area contributed by atoms with Crippen molar-refractivity contribution < 1.29 is 18.8 Å². The first-order valence-corrected chi connectivity index (χ1v) is 9.63. The van der Waals surface area contributed by atoms with Crippen LogP contribution in [0, 0.1) is 0 Å². The van der Waals surface area contributed by atoms with Gasteiger partial charge in [0.2, 0.25) is 0 Å². The quantitative estimate of drug-likeness (QED) is 0.634. The van der Waals surface area contributed by atoms with E-state index in [0.29, 0.717) is 17.0 Å². The molecule has 1 aliphatic heterocycles. The minimum absolute atomic E-state index is 0.0542. The summed E-state index contributed by atoms with van der Waals surface area (Å²) >= 11 is 0. The molecule has 2 heterocycles. The lowest BCUT2D eigenvalue weighted by Crippen LogP contribution is -2.28. The fourth-order valence-electron chi connectivity index (χ4n) is 3.34. The largest absolute Gasteiger partial charge is 0.467 e. The lowest BCUT2D eigenvalue weighted by Gasteiger charge is -2.17. The van der Waals surface area contributed by atoms with Gasteiger partial charge in [-0.15, -0.1) is 0 Å². The molecule has 30 heavy (non-hydrogen) atoms. The number of benzene rings is 2. The van der Waals surface area contributed by atoms with Crippen molar-refractivity contribution in [3.63, 3.8) is 0 Å². The molecule has 0 unspecified atom stereocenters. The van der Waals surface area contributed by atoms with Gasteiger partial charge in [-0.1, -0.05) is 6.07 Å². The van der Waals surface area contributed by atoms with E-state index >= 15 is 0 Å². The molecule has 3 aromatic rings. The molecule has 4 rings (SSSR count). The molecule has 0 fully saturated rings. The van der Waals surface area contributed by atoms with E-state index in [9.17, 15) is 14.4 Å². The van der Waals surface area contributed by atoms with E-state index < -0.39 is 11.8 Å². The highest BCUT2D eigenvalue weighted by atomic mass is 16.3. The average Bonchev–Trinajstić information content (AvgIpc) is 3.36. The Kier molecular flexibility index (Phi) is 5.10. The van der Waals surface area contributed by atoms with Gasteiger partial charge in [0.15, 0.2) is 0 Å². The first-order valence-electron chi connectivity index (χ1n) is 9.63. The Morgan fingerprint density at radius 1 is 1.03 bits per heavy atom. The number of nitrogens with zero attached hydrogens (tertiary/aromatic N) is 2. The summed E-state index contributed by atoms with van der Waals surface area (Å²) in [6.07, 6.45) is 1.49. The molecule has 0 saturated carbocycles. The van der Waals surface area contributed by atoms with E-state index in [0.717, 1.165) is 17.1 Å². The highest BCUT2D eigenvalue weighted by Gasteiger charge is 2.36. The summed E-state index contributed by atoms with van der Waals surface area (Å²) in [7, 11) is 1.97. The second kappa shape index (κ2) is 7.87. The van der Waals surface area contributed by atoms with Gasteiger partial charge in [-0.3, -0.25) is 19.3 Å². The van der Waals surface area contributed by atoms with Gasteiger partial charge >= 0.3 is 0 Å². The monoisotopic (exact) mass is 403 g/mol. The number of rotatable bonds is 6. The molecular weight excluding hydrogens is 382 g/mol. The molecule has 0 spiro atoms. The van der Waals surface area contributed by atoms with Gasteiger partial charge in [0.05, 0.1) is 23.9 Å². The first-order chi connectivity index (χ1) is 14.5. The molecule has 0 aliphatic carbocycles. The molecule has 1 aliphatic rings. The Balaban J connectivity index is 1.54. The van der Waals surface area contributed by atoms with Crippen LogP contribution >= 0.6 is 0 Å². The molecule has 1 aromatic heterocycles. The van der Waals surface area contributed by atoms with Gasteiger partial charge in [-0.05, 0) is 55.5 Å². The van der Waals surface area contributed by atoms with Crippen LogP contribution in [0.3, 0.4) is 0 Å². The Labute approximate surface area is 173 Å². The van der Waals surface area contributed by atoms with Crippen LogP contribution < -0.4 is 10.2 Å². The van der Waals surface area contributed by atoms with Crippen molar-refractivity contribution in [2.45, 2.75) is 13.5 Å². The van der Waals surface area contributed by atoms with Crippen molar-refractivity contribution in [1.82, 2.24) is 4.90 Å². The molecule has 2 aromatic carbocycles. The second-order valence-electron chi connectivity index (χ2n) is 7.05. The summed E-state index contributed by atoms with van der Waals surface area (Å²) in [5.74, 6) is -0.667. The third-order valence-electron chi connectivity index (χ3n) is 5.15. The van der Waals surface area contributed by atoms with Crippen LogP contribution in [0.25, 0.3) is 0 Å². The number of imide groups is 1. The van der Waals surface area contributed by atoms with Gasteiger partial charge in [-0.25, -0.2) is 0 Å². The maximum absolute atomic E-state index is 12.7. The van der Waals surface area contributed by atoms with Crippen LogP contribution in [0.4, 0.5) is 11.4 Å². The van der Waals surface area contributed by atoms with Crippen LogP contribution in [0.1, 0.15) is 43.8 Å². The Hall–Kier alpha value is -3.87. The predicted molar refractivity (Wildman–Crippen MR) is 113 cm³/mol. The van der Waals surface area contributed by atoms with Gasteiger partial charge in [-0.2, -0.15) is 0 Å². The topological polar surface area (TPSA) is 82.9 Å². The second-order valence-corrected chi connectivity index (χ2v) is 7.05. The predicted octanol–water partition coefficient (Wildman–Crippen LogP) is 3.78. The highest BCUT2D eigenvalue weighted by molar-refractivity contribution is 6.22. The molecule has 152 valence electrons. The van der Waals surface area contributed by atoms with E-state index in [2.05, 4.69) is 10.2 Å². The standard InChI is InChI=1S/C23H21N3O4/c1-3-25(2)17-7-4-6-16(13-17)24-21(27)15-9-10-19-20(12-15)23(29)26(22(19)28)14-18-8-5-11-30-18/h4-13H,3,14H2,1-2H3,(H,24,27). The fourth-order valence-corrected chi connectivity index (χ4v) is 3.34. The number of hydrogen-bond donors (Lipinski definition) is 1. The van der Waals surface area contributed by atoms with Crippen LogP contribution in [0.5, 0.6) is 0 Å². The summed E-state index contributed by atoms with van der Waals surface area (Å²) in [4.78, 5) is 41.3. The zero-order valence-electron chi connectivity index (χ0n) is 16.7. The zero-order valence-corrected chi connectivity index (χ0v) is 16.7. The number of carbonyl (C=O) groups excluding carboxylic acids is 3. The lowest BCUT2D eigenvalue weighted by atomic mass is 10.1. The van der Waals surface area contributed by atoms with Crippen molar-refractivity contribution in [3.05, 3.63) is 83.3 Å². The maximum Gasteiger partial charge on any atom is 0.261 e. The molecule has 0 bridgehead atoms. The molecule has 0 saturated heterocycles. The fraction of sp³-hybridized carbons (Fsp3) is 0.174. The Morgan fingerprint density at radius 2 is 1.83 bits per heavy atom. The number of carbonyl (C=O) groups is 3. The van der Waals surface area contributed by atoms with Gasteiger partial charge < -0.3 is 14.6 Å². The summed E-state index contributed by atoms with van der Waals surface area (Å²) in [6.45, 7) is 2.94. The molecule has 0 atom stereocenters. The number of fused-ring (bicyclic) bond motifs is 1. The van der Waals surface area contributed by atoms with E-state index in [1.54, 1.807) is 24.3 Å². The van der Waals surface area contributed by atoms with Crippen molar-refractivity contribution in [2.24, 2.45) is 0 Å². The van der Waals surface area contributed by atoms with Crippen LogP contribution in [0.15, 0.2) is 65.3 Å². The van der Waals surface area contributed by atoms with Crippen molar-refractivity contribution in [2.75, 3.05) is 23.8 Å². The summed E-state index contributed by atoms with van der Waals surface area (Å²) in [6, 6.07) is 15.5. The SMILES string of the molecule is CCN(C)c1cccc(NC(=O)c2ccc3c(c2)C(=O)N(Cc2ccco2)C3=O)c1. The smallest absolute Gasteiger partial charge is 0.261 e. The van der Waals surface area contributed by atoms with Gasteiger partial charge in [0, 0.05) is 30.5 Å². The van der Waals surface area contributed by atoms with Crippen molar-refractivity contribution >= 4 is 29.1 Å². The normalized spacial score (nSPS) is 12.8. The van der Waals surface area contributed by atoms with E-state index in [4.69, 9.17) is 4.42 Å². The Bertz CT molecular complexity index is 1120. The van der Waals surface area contributed by atoms with E-state index in [1.165, 1.54) is 18.4 Å². The van der Waals surface area contributed by atoms with Crippen molar-refractivity contribution in [1.29, 1.82) is 0 Å². The van der Waals surface area contributed by atoms with Gasteiger partial charge in [0.1, 0.15) is 5.76 Å². The summed E-state index contributed by atoms with van der Waals surface area (Å²) in [5.41, 5.74) is 2.45. The summed E-state index contributed by atoms with van der Waals surface area (Å²) < 4.78 is 5.24. The Morgan fingerprint density at radius 3 is 2.57 bits per heavy atom. The number of furan rings is 1. The third-order valence-corrected chi connectivity index (χ3v) is 5.15. The van der Waals surface area contributed by atoms with E-state index in [1.807, 2.05) is 32.2 Å². The van der Waals surface area contributed by atoms with Crippen LogP contribution in [-0.4, -0.2) is 36.2 Å². The highest BCUT2D eigenvalue weighted by Crippen LogP contribution is 2.26. The minimum atomic E-state index is -0.437. The molecule has 1 N–H and O–H groups in total. The zero-order chi connectivity index (χ0) is 21.3. The lowest BCUT2D eigenvalue weighted by molar-refractivity contribution is 0.0631. The summed E-state index contributed by atoms with van der Waals surface area (Å²) in [5, 5.41) is 2.85. The maximum atomic E-state index is 12.7. The first kappa shape index (κ1) is 19.4. The van der Waals surface area contributed by atoms with E-state index in [-0.39, 0.29) is 23.6 Å². The third kappa shape index (κ3) is 3.57. The van der Waals surface area contributed by atoms with Crippen molar-refractivity contribution in [3.8, 4) is 0 Å². The number of nitrogens with one attached hydrogen (secondary N) is 1. The molecule has 7 heteroatoms. The number of amides is 3. The van der Waals surface area contributed by atoms with Crippen LogP contribution in [0.2, 0.25) is 0 Å². The molecule has 7 nitrogen and oxygen atoms in total. The number of hydrogen-bond acceptors (Lipinski definition) is 5.